The molecule has 4 bridgehead atoms. The molecule has 0 aromatic heterocycles. The van der Waals surface area contributed by atoms with Crippen LogP contribution in [0.25, 0.3) is 0 Å². The van der Waals surface area contributed by atoms with Crippen molar-refractivity contribution in [2.24, 2.45) is 28.6 Å². The molecule has 5 rings (SSSR count). The molecule has 1 saturated heterocycles. The van der Waals surface area contributed by atoms with Crippen molar-refractivity contribution in [2.45, 2.75) is 51.9 Å². The van der Waals surface area contributed by atoms with Gasteiger partial charge in [-0.2, -0.15) is 0 Å². The maximum Gasteiger partial charge on any atom is 0.228 e. The first-order valence-corrected chi connectivity index (χ1v) is 9.49. The number of carbonyl (C=O) groups is 1. The van der Waals surface area contributed by atoms with E-state index in [1.807, 2.05) is 0 Å². The third-order valence-corrected chi connectivity index (χ3v) is 7.51. The zero-order valence-electron chi connectivity index (χ0n) is 12.5. The molecule has 3 heteroatoms. The van der Waals surface area contributed by atoms with E-state index in [2.05, 4.69) is 27.8 Å². The molecule has 0 radical (unpaired) electrons. The van der Waals surface area contributed by atoms with Crippen molar-refractivity contribution in [1.29, 1.82) is 0 Å². The van der Waals surface area contributed by atoms with E-state index < -0.39 is 0 Å². The van der Waals surface area contributed by atoms with Gasteiger partial charge < -0.3 is 4.90 Å². The van der Waals surface area contributed by atoms with Crippen LogP contribution in [0.15, 0.2) is 0 Å². The maximum atomic E-state index is 13.2. The van der Waals surface area contributed by atoms with Crippen LogP contribution in [0, 0.1) is 28.6 Å². The molecule has 4 aliphatic carbocycles. The van der Waals surface area contributed by atoms with Gasteiger partial charge in [0.25, 0.3) is 0 Å². The number of halogens is 1. The Bertz CT molecular complexity index is 421. The molecule has 0 aromatic carbocycles. The van der Waals surface area contributed by atoms with E-state index in [4.69, 9.17) is 0 Å². The molecule has 0 spiro atoms. The summed E-state index contributed by atoms with van der Waals surface area (Å²) in [7, 11) is 0. The Kier molecular flexibility index (Phi) is 3.04. The smallest absolute Gasteiger partial charge is 0.228 e. The average molecular weight is 340 g/mol. The van der Waals surface area contributed by atoms with E-state index in [-0.39, 0.29) is 5.41 Å². The van der Waals surface area contributed by atoms with E-state index in [1.54, 1.807) is 0 Å². The van der Waals surface area contributed by atoms with Gasteiger partial charge in [-0.1, -0.05) is 22.9 Å². The minimum absolute atomic E-state index is 0.0417. The van der Waals surface area contributed by atoms with Crippen molar-refractivity contribution in [2.75, 3.05) is 18.4 Å². The molecule has 20 heavy (non-hydrogen) atoms. The molecule has 5 fully saturated rings. The Morgan fingerprint density at radius 1 is 1.25 bits per heavy atom. The zero-order valence-corrected chi connectivity index (χ0v) is 14.1. The van der Waals surface area contributed by atoms with Crippen molar-refractivity contribution in [3.63, 3.8) is 0 Å². The molecule has 1 amide bonds. The van der Waals surface area contributed by atoms with Crippen molar-refractivity contribution in [3.05, 3.63) is 0 Å². The summed E-state index contributed by atoms with van der Waals surface area (Å²) in [5.41, 5.74) is 0.522. The van der Waals surface area contributed by atoms with Crippen LogP contribution in [0.4, 0.5) is 0 Å². The SMILES string of the molecule is CC12CC3CC(C1)CC(C(=O)N1CCC(CBr)C1)(C3)C2. The van der Waals surface area contributed by atoms with Crippen molar-refractivity contribution < 1.29 is 4.79 Å². The lowest BCUT2D eigenvalue weighted by atomic mass is 9.44. The second-order valence-corrected chi connectivity index (χ2v) is 9.26. The van der Waals surface area contributed by atoms with Crippen LogP contribution in [0.5, 0.6) is 0 Å². The summed E-state index contributed by atoms with van der Waals surface area (Å²) in [5, 5.41) is 1.05. The van der Waals surface area contributed by atoms with Gasteiger partial charge in [0.2, 0.25) is 5.91 Å². The largest absolute Gasteiger partial charge is 0.342 e. The monoisotopic (exact) mass is 339 g/mol. The highest BCUT2D eigenvalue weighted by molar-refractivity contribution is 9.09. The minimum Gasteiger partial charge on any atom is -0.342 e. The van der Waals surface area contributed by atoms with E-state index in [9.17, 15) is 4.79 Å². The fraction of sp³-hybridized carbons (Fsp3) is 0.941. The lowest BCUT2D eigenvalue weighted by molar-refractivity contribution is -0.165. The molecule has 5 aliphatic rings. The van der Waals surface area contributed by atoms with E-state index in [1.165, 1.54) is 44.9 Å². The topological polar surface area (TPSA) is 20.3 Å². The van der Waals surface area contributed by atoms with E-state index in [0.29, 0.717) is 17.2 Å². The summed E-state index contributed by atoms with van der Waals surface area (Å²) in [4.78, 5) is 15.4. The lowest BCUT2D eigenvalue weighted by Gasteiger charge is -2.61. The predicted molar refractivity (Wildman–Crippen MR) is 83.7 cm³/mol. The fourth-order valence-corrected chi connectivity index (χ4v) is 6.98. The lowest BCUT2D eigenvalue weighted by Crippen LogP contribution is -2.57. The Hall–Kier alpha value is -0.0500. The molecule has 112 valence electrons. The molecular weight excluding hydrogens is 314 g/mol. The van der Waals surface area contributed by atoms with Gasteiger partial charge in [-0.25, -0.2) is 0 Å². The first-order chi connectivity index (χ1) is 9.52. The van der Waals surface area contributed by atoms with Crippen LogP contribution in [-0.4, -0.2) is 29.2 Å². The third kappa shape index (κ3) is 1.99. The second kappa shape index (κ2) is 4.47. The molecular formula is C17H26BrNO. The Balaban J connectivity index is 1.57. The van der Waals surface area contributed by atoms with Crippen molar-refractivity contribution >= 4 is 21.8 Å². The highest BCUT2D eigenvalue weighted by Gasteiger charge is 2.59. The number of nitrogens with zero attached hydrogens (tertiary/aromatic N) is 1. The summed E-state index contributed by atoms with van der Waals surface area (Å²) < 4.78 is 0. The number of hydrogen-bond donors (Lipinski definition) is 0. The standard InChI is InChI=1S/C17H26BrNO/c1-16-5-13-4-14(6-16)8-17(7-13,11-16)15(20)19-3-2-12(9-18)10-19/h12-14H,2-11H2,1H3. The van der Waals surface area contributed by atoms with Crippen molar-refractivity contribution in [3.8, 4) is 0 Å². The number of alkyl halides is 1. The van der Waals surface area contributed by atoms with Crippen LogP contribution in [0.1, 0.15) is 51.9 Å². The summed E-state index contributed by atoms with van der Waals surface area (Å²) in [6.07, 6.45) is 8.97. The number of rotatable bonds is 2. The number of carbonyl (C=O) groups excluding carboxylic acids is 1. The van der Waals surface area contributed by atoms with Gasteiger partial charge in [-0.05, 0) is 68.1 Å². The van der Waals surface area contributed by atoms with Crippen LogP contribution in [0.2, 0.25) is 0 Å². The third-order valence-electron chi connectivity index (χ3n) is 6.60. The number of amides is 1. The Labute approximate surface area is 130 Å². The van der Waals surface area contributed by atoms with Gasteiger partial charge in [0.1, 0.15) is 0 Å². The first kappa shape index (κ1) is 13.6. The first-order valence-electron chi connectivity index (χ1n) is 8.37. The van der Waals surface area contributed by atoms with Crippen LogP contribution >= 0.6 is 15.9 Å². The Morgan fingerprint density at radius 2 is 1.95 bits per heavy atom. The molecule has 1 heterocycles. The zero-order chi connectivity index (χ0) is 14.0. The van der Waals surface area contributed by atoms with Crippen LogP contribution in [0.3, 0.4) is 0 Å². The van der Waals surface area contributed by atoms with Gasteiger partial charge in [-0.3, -0.25) is 4.79 Å². The molecule has 1 aliphatic heterocycles. The molecule has 3 unspecified atom stereocenters. The molecule has 2 nitrogen and oxygen atoms in total. The quantitative estimate of drug-likeness (QED) is 0.700. The van der Waals surface area contributed by atoms with Gasteiger partial charge in [0.05, 0.1) is 5.41 Å². The molecule has 0 aromatic rings. The second-order valence-electron chi connectivity index (χ2n) is 8.61. The van der Waals surface area contributed by atoms with Crippen LogP contribution in [-0.2, 0) is 4.79 Å². The van der Waals surface area contributed by atoms with Crippen molar-refractivity contribution in [1.82, 2.24) is 4.90 Å². The predicted octanol–water partition coefficient (Wildman–Crippen LogP) is 3.84. The number of likely N-dealkylation sites (tertiary alicyclic amines) is 1. The normalized spacial score (nSPS) is 49.9. The van der Waals surface area contributed by atoms with Gasteiger partial charge in [0, 0.05) is 18.4 Å². The minimum atomic E-state index is 0.0417. The van der Waals surface area contributed by atoms with Gasteiger partial charge >= 0.3 is 0 Å². The highest BCUT2D eigenvalue weighted by atomic mass is 79.9. The van der Waals surface area contributed by atoms with Gasteiger partial charge in [0.15, 0.2) is 0 Å². The Morgan fingerprint density at radius 3 is 2.50 bits per heavy atom. The summed E-state index contributed by atoms with van der Waals surface area (Å²) in [6, 6.07) is 0. The molecule has 0 N–H and O–H groups in total. The van der Waals surface area contributed by atoms with E-state index in [0.717, 1.165) is 30.3 Å². The highest BCUT2D eigenvalue weighted by Crippen LogP contribution is 2.65. The summed E-state index contributed by atoms with van der Waals surface area (Å²) >= 11 is 3.59. The van der Waals surface area contributed by atoms with Crippen LogP contribution < -0.4 is 0 Å². The van der Waals surface area contributed by atoms with E-state index >= 15 is 0 Å². The molecule has 3 atom stereocenters. The van der Waals surface area contributed by atoms with Gasteiger partial charge in [-0.15, -0.1) is 0 Å². The maximum absolute atomic E-state index is 13.2. The average Bonchev–Trinajstić information content (AvgIpc) is 2.83. The summed E-state index contributed by atoms with van der Waals surface area (Å²) in [6.45, 7) is 4.46. The number of hydrogen-bond acceptors (Lipinski definition) is 1. The fourth-order valence-electron chi connectivity index (χ4n) is 6.45. The summed E-state index contributed by atoms with van der Waals surface area (Å²) in [5.74, 6) is 2.91. The molecule has 4 saturated carbocycles.